The van der Waals surface area contributed by atoms with E-state index < -0.39 is 0 Å². The van der Waals surface area contributed by atoms with Gasteiger partial charge in [0.25, 0.3) is 0 Å². The number of rotatable bonds is 3. The molecule has 0 atom stereocenters. The Morgan fingerprint density at radius 3 is 2.62 bits per heavy atom. The predicted octanol–water partition coefficient (Wildman–Crippen LogP) is 0.844. The van der Waals surface area contributed by atoms with Crippen molar-refractivity contribution < 1.29 is 9.84 Å². The summed E-state index contributed by atoms with van der Waals surface area (Å²) in [7, 11) is 0. The second kappa shape index (κ2) is 3.05. The Labute approximate surface area is 49.5 Å². The number of ether oxygens (including phenoxy) is 1. The van der Waals surface area contributed by atoms with Gasteiger partial charge in [-0.05, 0) is 12.8 Å². The van der Waals surface area contributed by atoms with Crippen molar-refractivity contribution in [2.24, 2.45) is 5.92 Å². The monoisotopic (exact) mass is 115 g/mol. The van der Waals surface area contributed by atoms with Crippen LogP contribution >= 0.6 is 0 Å². The van der Waals surface area contributed by atoms with E-state index in [4.69, 9.17) is 4.74 Å². The first kappa shape index (κ1) is 6.05. The minimum Gasteiger partial charge on any atom is -0.381 e. The van der Waals surface area contributed by atoms with E-state index in [0.29, 0.717) is 5.92 Å². The maximum atomic E-state index is 9.93. The molecule has 1 saturated heterocycles. The molecule has 1 rings (SSSR count). The Morgan fingerprint density at radius 2 is 2.25 bits per heavy atom. The van der Waals surface area contributed by atoms with Gasteiger partial charge >= 0.3 is 0 Å². The highest BCUT2D eigenvalue weighted by Crippen LogP contribution is 2.15. The first-order valence-corrected chi connectivity index (χ1v) is 3.09. The van der Waals surface area contributed by atoms with Gasteiger partial charge in [0.05, 0.1) is 19.8 Å². The van der Waals surface area contributed by atoms with Crippen molar-refractivity contribution >= 4 is 0 Å². The fraction of sp³-hybridized carbons (Fsp3) is 1.00. The van der Waals surface area contributed by atoms with E-state index in [1.54, 1.807) is 0 Å². The molecule has 0 amide bonds. The minimum atomic E-state index is 0.0799. The van der Waals surface area contributed by atoms with Gasteiger partial charge in [0.2, 0.25) is 0 Å². The molecule has 47 valence electrons. The first-order chi connectivity index (χ1) is 3.93. The summed E-state index contributed by atoms with van der Waals surface area (Å²) in [6, 6.07) is 0. The van der Waals surface area contributed by atoms with E-state index in [0.717, 1.165) is 26.1 Å². The third-order valence-electron chi connectivity index (χ3n) is 1.46. The van der Waals surface area contributed by atoms with Crippen LogP contribution in [0.1, 0.15) is 12.8 Å². The van der Waals surface area contributed by atoms with Crippen molar-refractivity contribution in [1.82, 2.24) is 0 Å². The molecule has 0 bridgehead atoms. The summed E-state index contributed by atoms with van der Waals surface area (Å²) >= 11 is 0. The zero-order valence-electron chi connectivity index (χ0n) is 4.93. The van der Waals surface area contributed by atoms with Crippen LogP contribution in [0.4, 0.5) is 0 Å². The van der Waals surface area contributed by atoms with Gasteiger partial charge in [-0.1, -0.05) is 0 Å². The van der Waals surface area contributed by atoms with Crippen LogP contribution in [-0.2, 0) is 9.84 Å². The van der Waals surface area contributed by atoms with Crippen LogP contribution in [0, 0.1) is 5.92 Å². The van der Waals surface area contributed by atoms with Crippen LogP contribution in [0.15, 0.2) is 0 Å². The Balaban J connectivity index is 1.86. The molecule has 0 unspecified atom stereocenters. The smallest absolute Gasteiger partial charge is 0.0822 e. The van der Waals surface area contributed by atoms with Gasteiger partial charge in [0.15, 0.2) is 0 Å². The summed E-state index contributed by atoms with van der Waals surface area (Å²) in [5.74, 6) is 0.712. The van der Waals surface area contributed by atoms with Crippen molar-refractivity contribution in [1.29, 1.82) is 0 Å². The molecule has 0 aromatic carbocycles. The predicted molar refractivity (Wildman–Crippen MR) is 29.1 cm³/mol. The number of hydrogen-bond acceptors (Lipinski definition) is 1. The van der Waals surface area contributed by atoms with Crippen LogP contribution < -0.4 is 0 Å². The van der Waals surface area contributed by atoms with Crippen LogP contribution in [0.3, 0.4) is 0 Å². The second-order valence-corrected chi connectivity index (χ2v) is 2.25. The van der Waals surface area contributed by atoms with Gasteiger partial charge < -0.3 is 4.74 Å². The molecule has 1 heterocycles. The summed E-state index contributed by atoms with van der Waals surface area (Å²) in [6.45, 7) is 1.86. The van der Waals surface area contributed by atoms with E-state index in [-0.39, 0.29) is 6.61 Å². The first-order valence-electron chi connectivity index (χ1n) is 3.09. The lowest BCUT2D eigenvalue weighted by molar-refractivity contribution is -0.0386. The van der Waals surface area contributed by atoms with Gasteiger partial charge in [-0.25, -0.2) is 5.11 Å². The fourth-order valence-electron chi connectivity index (χ4n) is 0.823. The van der Waals surface area contributed by atoms with Crippen LogP contribution in [-0.4, -0.2) is 19.8 Å². The lowest BCUT2D eigenvalue weighted by Crippen LogP contribution is -2.27. The van der Waals surface area contributed by atoms with Crippen molar-refractivity contribution in [3.05, 3.63) is 0 Å². The molecule has 1 radical (unpaired) electrons. The Morgan fingerprint density at radius 1 is 1.50 bits per heavy atom. The maximum Gasteiger partial charge on any atom is 0.0822 e. The summed E-state index contributed by atoms with van der Waals surface area (Å²) in [6.07, 6.45) is 1.90. The maximum absolute atomic E-state index is 9.93. The van der Waals surface area contributed by atoms with Crippen molar-refractivity contribution in [3.8, 4) is 0 Å². The normalized spacial score (nSPS) is 20.6. The number of hydrogen-bond donors (Lipinski definition) is 0. The topological polar surface area (TPSA) is 29.1 Å². The highest BCUT2D eigenvalue weighted by Gasteiger charge is 2.16. The average molecular weight is 115 g/mol. The highest BCUT2D eigenvalue weighted by molar-refractivity contribution is 4.64. The molecule has 1 aliphatic rings. The molecule has 1 aliphatic heterocycles. The van der Waals surface area contributed by atoms with Gasteiger partial charge in [-0.3, -0.25) is 0 Å². The molecule has 0 aromatic heterocycles. The molecule has 0 aromatic rings. The fourth-order valence-corrected chi connectivity index (χ4v) is 0.823. The standard InChI is InChI=1S/C6H11O2/c7-3-1-2-6-4-8-5-6/h6H,1-5H2. The zero-order chi connectivity index (χ0) is 5.82. The summed E-state index contributed by atoms with van der Waals surface area (Å²) in [5, 5.41) is 9.93. The third kappa shape index (κ3) is 1.46. The van der Waals surface area contributed by atoms with Crippen LogP contribution in [0.5, 0.6) is 0 Å². The van der Waals surface area contributed by atoms with E-state index in [9.17, 15) is 5.11 Å². The van der Waals surface area contributed by atoms with E-state index in [1.165, 1.54) is 0 Å². The molecule has 0 N–H and O–H groups in total. The van der Waals surface area contributed by atoms with E-state index >= 15 is 0 Å². The van der Waals surface area contributed by atoms with Gasteiger partial charge in [0.1, 0.15) is 0 Å². The molecular formula is C6H11O2. The molecule has 2 nitrogen and oxygen atoms in total. The second-order valence-electron chi connectivity index (χ2n) is 2.25. The molecule has 0 aliphatic carbocycles. The van der Waals surface area contributed by atoms with Crippen LogP contribution in [0.25, 0.3) is 0 Å². The highest BCUT2D eigenvalue weighted by atomic mass is 16.5. The van der Waals surface area contributed by atoms with Gasteiger partial charge in [0, 0.05) is 5.92 Å². The van der Waals surface area contributed by atoms with E-state index in [2.05, 4.69) is 0 Å². The summed E-state index contributed by atoms with van der Waals surface area (Å²) < 4.78 is 4.93. The zero-order valence-corrected chi connectivity index (χ0v) is 4.93. The van der Waals surface area contributed by atoms with Gasteiger partial charge in [-0.2, -0.15) is 0 Å². The summed E-state index contributed by atoms with van der Waals surface area (Å²) in [5.41, 5.74) is 0. The Hall–Kier alpha value is -0.0800. The van der Waals surface area contributed by atoms with Crippen molar-refractivity contribution in [2.75, 3.05) is 19.8 Å². The molecule has 0 spiro atoms. The van der Waals surface area contributed by atoms with Gasteiger partial charge in [-0.15, -0.1) is 0 Å². The minimum absolute atomic E-state index is 0.0799. The third-order valence-corrected chi connectivity index (χ3v) is 1.46. The lowest BCUT2D eigenvalue weighted by Gasteiger charge is -2.25. The van der Waals surface area contributed by atoms with Crippen molar-refractivity contribution in [3.63, 3.8) is 0 Å². The largest absolute Gasteiger partial charge is 0.381 e. The molecule has 8 heavy (non-hydrogen) atoms. The quantitative estimate of drug-likeness (QED) is 0.536. The Bertz CT molecular complexity index is 59.5. The summed E-state index contributed by atoms with van der Waals surface area (Å²) in [4.78, 5) is 0. The molecule has 0 saturated carbocycles. The molecule has 1 fully saturated rings. The SMILES string of the molecule is [O]CCCC1COC1. The molecular weight excluding hydrogens is 104 g/mol. The lowest BCUT2D eigenvalue weighted by atomic mass is 10.0. The Kier molecular flexibility index (Phi) is 2.30. The van der Waals surface area contributed by atoms with Crippen molar-refractivity contribution in [2.45, 2.75) is 12.8 Å². The van der Waals surface area contributed by atoms with E-state index in [1.807, 2.05) is 0 Å². The molecule has 2 heteroatoms. The van der Waals surface area contributed by atoms with Crippen LogP contribution in [0.2, 0.25) is 0 Å². The average Bonchev–Trinajstić information content (AvgIpc) is 1.63.